The first-order chi connectivity index (χ1) is 8.95. The molecule has 0 aliphatic rings. The molecule has 0 bridgehead atoms. The highest BCUT2D eigenvalue weighted by Gasteiger charge is 2.20. The number of esters is 2. The minimum atomic E-state index is -1.27. The quantitative estimate of drug-likeness (QED) is 0.810. The fraction of sp³-hybridized carbons (Fsp3) is 0.308. The second-order valence-electron chi connectivity index (χ2n) is 3.74. The molecule has 0 aromatic heterocycles. The molecule has 1 aromatic carbocycles. The number of carboxylic acids is 1. The highest BCUT2D eigenvalue weighted by molar-refractivity contribution is 6.03. The number of benzene rings is 1. The van der Waals surface area contributed by atoms with Gasteiger partial charge in [0.05, 0.1) is 17.7 Å². The fourth-order valence-corrected chi connectivity index (χ4v) is 1.42. The zero-order chi connectivity index (χ0) is 14.4. The molecule has 19 heavy (non-hydrogen) atoms. The standard InChI is InChI=1S/C13H14O6/c1-3-18-13(17)10-6-8(2)4-5-9(10)12(16)19-7-11(14)15/h4-6H,3,7H2,1-2H3,(H,14,15). The van der Waals surface area contributed by atoms with Gasteiger partial charge in [0.15, 0.2) is 6.61 Å². The molecule has 0 aliphatic carbocycles. The SMILES string of the molecule is CCOC(=O)c1cc(C)ccc1C(=O)OCC(=O)O. The Balaban J connectivity index is 3.02. The van der Waals surface area contributed by atoms with E-state index in [2.05, 4.69) is 4.74 Å². The lowest BCUT2D eigenvalue weighted by molar-refractivity contribution is -0.140. The Morgan fingerprint density at radius 2 is 1.74 bits per heavy atom. The first-order valence-electron chi connectivity index (χ1n) is 5.62. The minimum Gasteiger partial charge on any atom is -0.479 e. The van der Waals surface area contributed by atoms with Crippen molar-refractivity contribution in [3.8, 4) is 0 Å². The maximum Gasteiger partial charge on any atom is 0.341 e. The van der Waals surface area contributed by atoms with Gasteiger partial charge in [-0.25, -0.2) is 14.4 Å². The van der Waals surface area contributed by atoms with Crippen LogP contribution in [0.15, 0.2) is 18.2 Å². The normalized spacial score (nSPS) is 9.79. The number of carboxylic acid groups (broad SMARTS) is 1. The summed E-state index contributed by atoms with van der Waals surface area (Å²) in [5, 5.41) is 8.45. The van der Waals surface area contributed by atoms with Gasteiger partial charge >= 0.3 is 17.9 Å². The third-order valence-electron chi connectivity index (χ3n) is 2.22. The Morgan fingerprint density at radius 1 is 1.11 bits per heavy atom. The molecular formula is C13H14O6. The molecule has 1 rings (SSSR count). The molecule has 0 unspecified atom stereocenters. The summed E-state index contributed by atoms with van der Waals surface area (Å²) in [5.41, 5.74) is 0.834. The zero-order valence-electron chi connectivity index (χ0n) is 10.6. The van der Waals surface area contributed by atoms with Crippen molar-refractivity contribution in [1.82, 2.24) is 0 Å². The van der Waals surface area contributed by atoms with E-state index in [1.165, 1.54) is 12.1 Å². The summed E-state index contributed by atoms with van der Waals surface area (Å²) in [5.74, 6) is -2.78. The molecule has 0 heterocycles. The zero-order valence-corrected chi connectivity index (χ0v) is 10.6. The number of ether oxygens (including phenoxy) is 2. The Bertz CT molecular complexity index is 506. The van der Waals surface area contributed by atoms with E-state index >= 15 is 0 Å². The topological polar surface area (TPSA) is 89.9 Å². The predicted octanol–water partition coefficient (Wildman–Crippen LogP) is 1.41. The van der Waals surface area contributed by atoms with E-state index in [1.807, 2.05) is 0 Å². The molecule has 6 heteroatoms. The number of hydrogen-bond acceptors (Lipinski definition) is 5. The van der Waals surface area contributed by atoms with Crippen LogP contribution in [-0.2, 0) is 14.3 Å². The van der Waals surface area contributed by atoms with Crippen LogP contribution >= 0.6 is 0 Å². The van der Waals surface area contributed by atoms with Crippen molar-refractivity contribution in [1.29, 1.82) is 0 Å². The average Bonchev–Trinajstić information content (AvgIpc) is 2.36. The molecule has 0 fully saturated rings. The highest BCUT2D eigenvalue weighted by Crippen LogP contribution is 2.14. The number of aliphatic carboxylic acids is 1. The van der Waals surface area contributed by atoms with E-state index in [0.29, 0.717) is 0 Å². The van der Waals surface area contributed by atoms with Gasteiger partial charge in [0, 0.05) is 0 Å². The van der Waals surface area contributed by atoms with Crippen molar-refractivity contribution in [2.24, 2.45) is 0 Å². The van der Waals surface area contributed by atoms with Gasteiger partial charge in [-0.15, -0.1) is 0 Å². The first kappa shape index (κ1) is 14.7. The number of rotatable bonds is 5. The van der Waals surface area contributed by atoms with E-state index in [9.17, 15) is 14.4 Å². The van der Waals surface area contributed by atoms with Crippen LogP contribution in [0.5, 0.6) is 0 Å². The monoisotopic (exact) mass is 266 g/mol. The van der Waals surface area contributed by atoms with Crippen LogP contribution in [0.2, 0.25) is 0 Å². The van der Waals surface area contributed by atoms with E-state index in [1.54, 1.807) is 19.9 Å². The molecule has 0 radical (unpaired) electrons. The Morgan fingerprint density at radius 3 is 2.32 bits per heavy atom. The summed E-state index contributed by atoms with van der Waals surface area (Å²) in [4.78, 5) is 33.8. The summed E-state index contributed by atoms with van der Waals surface area (Å²) in [6.07, 6.45) is 0. The number of carbonyl (C=O) groups is 3. The molecule has 1 aromatic rings. The Labute approximate surface area is 109 Å². The van der Waals surface area contributed by atoms with Gasteiger partial charge in [0.25, 0.3) is 0 Å². The fourth-order valence-electron chi connectivity index (χ4n) is 1.42. The van der Waals surface area contributed by atoms with Crippen LogP contribution in [0.3, 0.4) is 0 Å². The lowest BCUT2D eigenvalue weighted by atomic mass is 10.0. The second kappa shape index (κ2) is 6.53. The summed E-state index contributed by atoms with van der Waals surface area (Å²) >= 11 is 0. The Kier molecular flexibility index (Phi) is 5.05. The van der Waals surface area contributed by atoms with E-state index < -0.39 is 24.5 Å². The van der Waals surface area contributed by atoms with Gasteiger partial charge in [-0.05, 0) is 26.0 Å². The largest absolute Gasteiger partial charge is 0.479 e. The number of carbonyl (C=O) groups excluding carboxylic acids is 2. The summed E-state index contributed by atoms with van der Waals surface area (Å²) in [6, 6.07) is 4.53. The molecule has 102 valence electrons. The third-order valence-corrected chi connectivity index (χ3v) is 2.22. The molecule has 0 saturated heterocycles. The molecule has 1 N–H and O–H groups in total. The molecule has 6 nitrogen and oxygen atoms in total. The van der Waals surface area contributed by atoms with E-state index in [4.69, 9.17) is 9.84 Å². The van der Waals surface area contributed by atoms with Crippen molar-refractivity contribution in [2.45, 2.75) is 13.8 Å². The maximum atomic E-state index is 11.7. The molecule has 0 saturated carbocycles. The van der Waals surface area contributed by atoms with Crippen molar-refractivity contribution in [3.63, 3.8) is 0 Å². The first-order valence-corrected chi connectivity index (χ1v) is 5.62. The van der Waals surface area contributed by atoms with Gasteiger partial charge in [0.1, 0.15) is 0 Å². The lowest BCUT2D eigenvalue weighted by Gasteiger charge is -2.09. The van der Waals surface area contributed by atoms with Crippen molar-refractivity contribution < 1.29 is 29.0 Å². The Hall–Kier alpha value is -2.37. The van der Waals surface area contributed by atoms with Crippen LogP contribution in [0.4, 0.5) is 0 Å². The van der Waals surface area contributed by atoms with Gasteiger partial charge in [0.2, 0.25) is 0 Å². The minimum absolute atomic E-state index is 0.00898. The van der Waals surface area contributed by atoms with E-state index in [0.717, 1.165) is 5.56 Å². The van der Waals surface area contributed by atoms with Crippen LogP contribution < -0.4 is 0 Å². The average molecular weight is 266 g/mol. The summed E-state index contributed by atoms with van der Waals surface area (Å²) < 4.78 is 9.39. The van der Waals surface area contributed by atoms with Gasteiger partial charge in [-0.3, -0.25) is 0 Å². The number of aryl methyl sites for hydroxylation is 1. The van der Waals surface area contributed by atoms with Gasteiger partial charge in [-0.1, -0.05) is 11.6 Å². The van der Waals surface area contributed by atoms with Crippen molar-refractivity contribution in [3.05, 3.63) is 34.9 Å². The van der Waals surface area contributed by atoms with Gasteiger partial charge < -0.3 is 14.6 Å². The van der Waals surface area contributed by atoms with Crippen LogP contribution in [0.25, 0.3) is 0 Å². The van der Waals surface area contributed by atoms with Crippen molar-refractivity contribution in [2.75, 3.05) is 13.2 Å². The third kappa shape index (κ3) is 4.09. The predicted molar refractivity (Wildman–Crippen MR) is 65.1 cm³/mol. The smallest absolute Gasteiger partial charge is 0.341 e. The van der Waals surface area contributed by atoms with Gasteiger partial charge in [-0.2, -0.15) is 0 Å². The molecule has 0 amide bonds. The van der Waals surface area contributed by atoms with Crippen LogP contribution in [0.1, 0.15) is 33.2 Å². The number of hydrogen-bond donors (Lipinski definition) is 1. The molecular weight excluding hydrogens is 252 g/mol. The van der Waals surface area contributed by atoms with Crippen molar-refractivity contribution >= 4 is 17.9 Å². The summed E-state index contributed by atoms with van der Waals surface area (Å²) in [6.45, 7) is 2.83. The lowest BCUT2D eigenvalue weighted by Crippen LogP contribution is -2.17. The summed E-state index contributed by atoms with van der Waals surface area (Å²) in [7, 11) is 0. The second-order valence-corrected chi connectivity index (χ2v) is 3.74. The highest BCUT2D eigenvalue weighted by atomic mass is 16.6. The molecule has 0 aliphatic heterocycles. The molecule has 0 atom stereocenters. The van der Waals surface area contributed by atoms with Crippen LogP contribution in [-0.4, -0.2) is 36.2 Å². The maximum absolute atomic E-state index is 11.7. The van der Waals surface area contributed by atoms with E-state index in [-0.39, 0.29) is 17.7 Å². The molecule has 0 spiro atoms. The van der Waals surface area contributed by atoms with Crippen LogP contribution in [0, 0.1) is 6.92 Å².